The summed E-state index contributed by atoms with van der Waals surface area (Å²) in [6.45, 7) is 0. The molecule has 0 radical (unpaired) electrons. The van der Waals surface area contributed by atoms with Crippen LogP contribution in [0.25, 0.3) is 0 Å². The van der Waals surface area contributed by atoms with Crippen molar-refractivity contribution in [3.63, 3.8) is 0 Å². The number of carbonyl (C=O) groups excluding carboxylic acids is 1. The minimum atomic E-state index is -0.511. The first kappa shape index (κ1) is 9.65. The highest BCUT2D eigenvalue weighted by Crippen LogP contribution is 2.19. The molecule has 0 N–H and O–H groups in total. The summed E-state index contributed by atoms with van der Waals surface area (Å²) in [6.07, 6.45) is 2.95. The van der Waals surface area contributed by atoms with Gasteiger partial charge in [0.2, 0.25) is 0 Å². The number of aromatic nitrogens is 2. The van der Waals surface area contributed by atoms with E-state index < -0.39 is 5.97 Å². The predicted molar refractivity (Wildman–Crippen MR) is 60.1 cm³/mol. The first-order chi connectivity index (χ1) is 8.34. The molecule has 2 heterocycles. The van der Waals surface area contributed by atoms with E-state index in [1.54, 1.807) is 0 Å². The largest absolute Gasteiger partial charge is 0.400 e. The lowest BCUT2D eigenvalue weighted by Crippen LogP contribution is -2.00. The zero-order chi connectivity index (χ0) is 11.7. The molecule has 3 rings (SSSR count). The number of cyclic esters (lactones) is 1. The van der Waals surface area contributed by atoms with Gasteiger partial charge in [-0.1, -0.05) is 18.2 Å². The van der Waals surface area contributed by atoms with Crippen molar-refractivity contribution in [2.75, 3.05) is 0 Å². The molecular formula is C12H7N3O2. The van der Waals surface area contributed by atoms with Crippen LogP contribution < -0.4 is 0 Å². The summed E-state index contributed by atoms with van der Waals surface area (Å²) in [4.78, 5) is 23.6. The number of esters is 1. The Balaban J connectivity index is 2.08. The molecule has 0 saturated heterocycles. The summed E-state index contributed by atoms with van der Waals surface area (Å²) in [7, 11) is 0. The van der Waals surface area contributed by atoms with E-state index in [-0.39, 0.29) is 11.6 Å². The van der Waals surface area contributed by atoms with Crippen LogP contribution in [0.5, 0.6) is 0 Å². The molecule has 0 atom stereocenters. The number of nitrogens with zero attached hydrogens (tertiary/aromatic N) is 3. The molecule has 5 nitrogen and oxygen atoms in total. The van der Waals surface area contributed by atoms with Crippen molar-refractivity contribution in [3.8, 4) is 0 Å². The quantitative estimate of drug-likeness (QED) is 0.693. The monoisotopic (exact) mass is 225 g/mol. The van der Waals surface area contributed by atoms with Crippen LogP contribution in [0, 0.1) is 0 Å². The third kappa shape index (κ3) is 1.67. The summed E-state index contributed by atoms with van der Waals surface area (Å²) in [5, 5.41) is 0. The topological polar surface area (TPSA) is 64.4 Å². The van der Waals surface area contributed by atoms with E-state index in [4.69, 9.17) is 4.74 Å². The summed E-state index contributed by atoms with van der Waals surface area (Å²) in [6, 6.07) is 9.23. The van der Waals surface area contributed by atoms with Crippen LogP contribution in [0.4, 0.5) is 5.69 Å². The van der Waals surface area contributed by atoms with Crippen LogP contribution in [0.2, 0.25) is 0 Å². The second-order valence-corrected chi connectivity index (χ2v) is 3.40. The highest BCUT2D eigenvalue weighted by Gasteiger charge is 2.30. The van der Waals surface area contributed by atoms with Crippen molar-refractivity contribution >= 4 is 17.6 Å². The molecule has 5 heteroatoms. The Hall–Kier alpha value is -2.56. The molecule has 2 aromatic rings. The average Bonchev–Trinajstić information content (AvgIpc) is 2.69. The fraction of sp³-hybridized carbons (Fsp3) is 0. The first-order valence-corrected chi connectivity index (χ1v) is 5.02. The predicted octanol–water partition coefficient (Wildman–Crippen LogP) is 1.73. The van der Waals surface area contributed by atoms with Crippen molar-refractivity contribution in [1.82, 2.24) is 9.97 Å². The molecular weight excluding hydrogens is 218 g/mol. The minimum absolute atomic E-state index is 0.198. The molecule has 0 unspecified atom stereocenters. The maximum Gasteiger partial charge on any atom is 0.366 e. The SMILES string of the molecule is O=C1O/C(=N/c2ccccc2)c2nccnc21. The first-order valence-electron chi connectivity index (χ1n) is 5.02. The molecule has 0 saturated carbocycles. The third-order valence-electron chi connectivity index (χ3n) is 2.27. The zero-order valence-electron chi connectivity index (χ0n) is 8.70. The highest BCUT2D eigenvalue weighted by molar-refractivity contribution is 6.15. The van der Waals surface area contributed by atoms with Crippen molar-refractivity contribution in [3.05, 3.63) is 54.1 Å². The number of fused-ring (bicyclic) bond motifs is 1. The number of para-hydroxylation sites is 1. The second kappa shape index (κ2) is 3.79. The van der Waals surface area contributed by atoms with Crippen molar-refractivity contribution in [2.24, 2.45) is 4.99 Å². The summed E-state index contributed by atoms with van der Waals surface area (Å²) in [5.74, 6) is -0.313. The van der Waals surface area contributed by atoms with E-state index in [9.17, 15) is 4.79 Å². The molecule has 0 amide bonds. The van der Waals surface area contributed by atoms with Gasteiger partial charge in [-0.2, -0.15) is 0 Å². The van der Waals surface area contributed by atoms with Gasteiger partial charge in [0, 0.05) is 12.4 Å². The van der Waals surface area contributed by atoms with Crippen molar-refractivity contribution in [2.45, 2.75) is 0 Å². The molecule has 0 spiro atoms. The van der Waals surface area contributed by atoms with Crippen LogP contribution >= 0.6 is 0 Å². The van der Waals surface area contributed by atoms with Crippen LogP contribution in [-0.2, 0) is 4.74 Å². The van der Waals surface area contributed by atoms with Crippen LogP contribution in [0.15, 0.2) is 47.7 Å². The molecule has 1 aliphatic heterocycles. The zero-order valence-corrected chi connectivity index (χ0v) is 8.70. The van der Waals surface area contributed by atoms with Gasteiger partial charge in [-0.15, -0.1) is 0 Å². The van der Waals surface area contributed by atoms with Crippen LogP contribution in [0.1, 0.15) is 16.2 Å². The fourth-order valence-corrected chi connectivity index (χ4v) is 1.52. The standard InChI is InChI=1S/C12H7N3O2/c16-12-10-9(13-6-7-14-10)11(17-12)15-8-4-2-1-3-5-8/h1-7H/b15-11+. The Morgan fingerprint density at radius 1 is 1.00 bits per heavy atom. The van der Waals surface area contributed by atoms with Gasteiger partial charge >= 0.3 is 5.97 Å². The van der Waals surface area contributed by atoms with E-state index in [1.807, 2.05) is 30.3 Å². The number of carbonyl (C=O) groups is 1. The lowest BCUT2D eigenvalue weighted by molar-refractivity contribution is 0.0732. The third-order valence-corrected chi connectivity index (χ3v) is 2.27. The van der Waals surface area contributed by atoms with E-state index in [0.717, 1.165) is 0 Å². The second-order valence-electron chi connectivity index (χ2n) is 3.40. The van der Waals surface area contributed by atoms with Gasteiger partial charge in [0.1, 0.15) is 0 Å². The molecule has 1 aromatic carbocycles. The molecule has 0 bridgehead atoms. The van der Waals surface area contributed by atoms with Crippen LogP contribution in [-0.4, -0.2) is 21.8 Å². The lowest BCUT2D eigenvalue weighted by atomic mass is 10.3. The number of benzene rings is 1. The Labute approximate surface area is 96.8 Å². The van der Waals surface area contributed by atoms with E-state index in [2.05, 4.69) is 15.0 Å². The fourth-order valence-electron chi connectivity index (χ4n) is 1.52. The average molecular weight is 225 g/mol. The van der Waals surface area contributed by atoms with Gasteiger partial charge in [-0.25, -0.2) is 19.8 Å². The highest BCUT2D eigenvalue weighted by atomic mass is 16.5. The summed E-state index contributed by atoms with van der Waals surface area (Å²) < 4.78 is 5.02. The van der Waals surface area contributed by atoms with Gasteiger partial charge in [-0.05, 0) is 12.1 Å². The Kier molecular flexibility index (Phi) is 2.15. The van der Waals surface area contributed by atoms with E-state index in [1.165, 1.54) is 12.4 Å². The van der Waals surface area contributed by atoms with E-state index >= 15 is 0 Å². The summed E-state index contributed by atoms with van der Waals surface area (Å²) in [5.41, 5.74) is 1.30. The number of rotatable bonds is 1. The molecule has 1 aliphatic rings. The van der Waals surface area contributed by atoms with Crippen LogP contribution in [0.3, 0.4) is 0 Å². The van der Waals surface area contributed by atoms with Gasteiger partial charge < -0.3 is 4.74 Å². The number of ether oxygens (including phenoxy) is 1. The Bertz CT molecular complexity index is 608. The van der Waals surface area contributed by atoms with Crippen molar-refractivity contribution < 1.29 is 9.53 Å². The van der Waals surface area contributed by atoms with Gasteiger partial charge in [-0.3, -0.25) is 0 Å². The maximum atomic E-state index is 11.5. The summed E-state index contributed by atoms with van der Waals surface area (Å²) >= 11 is 0. The Morgan fingerprint density at radius 3 is 2.47 bits per heavy atom. The van der Waals surface area contributed by atoms with Gasteiger partial charge in [0.25, 0.3) is 5.90 Å². The molecule has 0 fully saturated rings. The molecule has 1 aromatic heterocycles. The maximum absolute atomic E-state index is 11.5. The molecule has 82 valence electrons. The Morgan fingerprint density at radius 2 is 1.71 bits per heavy atom. The normalized spacial score (nSPS) is 15.8. The number of aliphatic imine (C=N–C) groups is 1. The van der Waals surface area contributed by atoms with Gasteiger partial charge in [0.15, 0.2) is 11.4 Å². The minimum Gasteiger partial charge on any atom is -0.400 e. The number of hydrogen-bond acceptors (Lipinski definition) is 5. The van der Waals surface area contributed by atoms with Crippen molar-refractivity contribution in [1.29, 1.82) is 0 Å². The molecule has 0 aliphatic carbocycles. The van der Waals surface area contributed by atoms with Gasteiger partial charge in [0.05, 0.1) is 5.69 Å². The number of hydrogen-bond donors (Lipinski definition) is 0. The lowest BCUT2D eigenvalue weighted by Gasteiger charge is -1.96. The molecule has 17 heavy (non-hydrogen) atoms. The smallest absolute Gasteiger partial charge is 0.366 e. The van der Waals surface area contributed by atoms with E-state index in [0.29, 0.717) is 11.4 Å².